The Balaban J connectivity index is 1.40. The molecule has 0 aliphatic carbocycles. The number of likely N-dealkylation sites (tertiary alicyclic amines) is 1. The summed E-state index contributed by atoms with van der Waals surface area (Å²) in [4.78, 5) is 9.82. The van der Waals surface area contributed by atoms with Gasteiger partial charge >= 0.3 is 0 Å². The minimum atomic E-state index is 0.296. The SMILES string of the molecule is Cc1nc(CN2CC[C@]3(COCCN([C@H]4CCOC4)C3)C2)cs1. The molecule has 3 aliphatic rings. The second-order valence-electron chi connectivity index (χ2n) is 7.36. The van der Waals surface area contributed by atoms with Gasteiger partial charge in [-0.15, -0.1) is 11.3 Å². The molecule has 5 nitrogen and oxygen atoms in total. The van der Waals surface area contributed by atoms with Crippen LogP contribution in [0.5, 0.6) is 0 Å². The third-order valence-electron chi connectivity index (χ3n) is 5.46. The van der Waals surface area contributed by atoms with Crippen LogP contribution in [0.25, 0.3) is 0 Å². The fourth-order valence-electron chi connectivity index (χ4n) is 4.27. The average molecular weight is 337 g/mol. The predicted octanol–water partition coefficient (Wildman–Crippen LogP) is 1.76. The molecule has 0 aromatic carbocycles. The monoisotopic (exact) mass is 337 g/mol. The van der Waals surface area contributed by atoms with Gasteiger partial charge in [0.25, 0.3) is 0 Å². The number of thiazole rings is 1. The molecule has 1 aromatic rings. The molecule has 23 heavy (non-hydrogen) atoms. The van der Waals surface area contributed by atoms with Crippen molar-refractivity contribution in [1.82, 2.24) is 14.8 Å². The van der Waals surface area contributed by atoms with Crippen LogP contribution in [0.2, 0.25) is 0 Å². The summed E-state index contributed by atoms with van der Waals surface area (Å²) in [5, 5.41) is 3.37. The summed E-state index contributed by atoms with van der Waals surface area (Å²) in [5.41, 5.74) is 1.52. The topological polar surface area (TPSA) is 37.8 Å². The van der Waals surface area contributed by atoms with Crippen molar-refractivity contribution in [2.24, 2.45) is 5.41 Å². The van der Waals surface area contributed by atoms with Crippen molar-refractivity contribution in [3.05, 3.63) is 16.1 Å². The molecule has 1 spiro atoms. The highest BCUT2D eigenvalue weighted by molar-refractivity contribution is 7.09. The first-order valence-corrected chi connectivity index (χ1v) is 9.63. The van der Waals surface area contributed by atoms with Gasteiger partial charge in [-0.2, -0.15) is 0 Å². The molecule has 6 heteroatoms. The fourth-order valence-corrected chi connectivity index (χ4v) is 4.87. The Morgan fingerprint density at radius 3 is 3.04 bits per heavy atom. The maximum atomic E-state index is 6.00. The number of aryl methyl sites for hydroxylation is 1. The molecule has 0 N–H and O–H groups in total. The summed E-state index contributed by atoms with van der Waals surface area (Å²) < 4.78 is 11.6. The van der Waals surface area contributed by atoms with Crippen molar-refractivity contribution in [2.45, 2.75) is 32.4 Å². The first kappa shape index (κ1) is 16.0. The summed E-state index contributed by atoms with van der Waals surface area (Å²) in [7, 11) is 0. The molecule has 4 heterocycles. The standard InChI is InChI=1S/C17H27N3O2S/c1-14-18-15(10-23-14)8-19-4-3-17(11-19)12-20(5-7-22-13-17)16-2-6-21-9-16/h10,16H,2-9,11-13H2,1H3/t16-,17-/m0/s1. The largest absolute Gasteiger partial charge is 0.380 e. The van der Waals surface area contributed by atoms with Crippen molar-refractivity contribution in [1.29, 1.82) is 0 Å². The zero-order chi connectivity index (χ0) is 15.7. The third-order valence-corrected chi connectivity index (χ3v) is 6.28. The lowest BCUT2D eigenvalue weighted by atomic mass is 9.87. The van der Waals surface area contributed by atoms with Gasteiger partial charge in [0.05, 0.1) is 30.5 Å². The van der Waals surface area contributed by atoms with Gasteiger partial charge in [0, 0.05) is 49.6 Å². The molecular formula is C17H27N3O2S. The van der Waals surface area contributed by atoms with Crippen LogP contribution in [0, 0.1) is 12.3 Å². The normalized spacial score (nSPS) is 33.5. The van der Waals surface area contributed by atoms with Gasteiger partial charge in [-0.3, -0.25) is 9.80 Å². The first-order valence-electron chi connectivity index (χ1n) is 8.75. The Bertz CT molecular complexity index is 532. The van der Waals surface area contributed by atoms with Crippen molar-refractivity contribution < 1.29 is 9.47 Å². The van der Waals surface area contributed by atoms with Crippen molar-refractivity contribution in [2.75, 3.05) is 52.6 Å². The first-order chi connectivity index (χ1) is 11.2. The van der Waals surface area contributed by atoms with E-state index in [0.29, 0.717) is 11.5 Å². The van der Waals surface area contributed by atoms with Gasteiger partial charge in [-0.25, -0.2) is 4.98 Å². The van der Waals surface area contributed by atoms with Gasteiger partial charge in [0.1, 0.15) is 0 Å². The van der Waals surface area contributed by atoms with E-state index >= 15 is 0 Å². The van der Waals surface area contributed by atoms with Gasteiger partial charge in [0.2, 0.25) is 0 Å². The summed E-state index contributed by atoms with van der Waals surface area (Å²) in [6.45, 7) is 11.2. The lowest BCUT2D eigenvalue weighted by Gasteiger charge is -2.34. The van der Waals surface area contributed by atoms with E-state index in [4.69, 9.17) is 9.47 Å². The molecule has 0 saturated carbocycles. The van der Waals surface area contributed by atoms with E-state index < -0.39 is 0 Å². The van der Waals surface area contributed by atoms with E-state index in [0.717, 1.165) is 59.2 Å². The minimum absolute atomic E-state index is 0.296. The molecule has 4 rings (SSSR count). The number of ether oxygens (including phenoxy) is 2. The summed E-state index contributed by atoms with van der Waals surface area (Å²) in [6.07, 6.45) is 2.41. The quantitative estimate of drug-likeness (QED) is 0.840. The second-order valence-corrected chi connectivity index (χ2v) is 8.42. The summed E-state index contributed by atoms with van der Waals surface area (Å²) in [6, 6.07) is 0.601. The second kappa shape index (κ2) is 6.76. The molecule has 0 amide bonds. The fraction of sp³-hybridized carbons (Fsp3) is 0.824. The Morgan fingerprint density at radius 2 is 2.26 bits per heavy atom. The van der Waals surface area contributed by atoms with E-state index in [2.05, 4.69) is 27.1 Å². The lowest BCUT2D eigenvalue weighted by molar-refractivity contribution is 0.0683. The Hall–Kier alpha value is -0.530. The van der Waals surface area contributed by atoms with Crippen LogP contribution in [-0.4, -0.2) is 73.4 Å². The number of nitrogens with zero attached hydrogens (tertiary/aromatic N) is 3. The van der Waals surface area contributed by atoms with Gasteiger partial charge < -0.3 is 9.47 Å². The maximum Gasteiger partial charge on any atom is 0.0897 e. The van der Waals surface area contributed by atoms with Crippen LogP contribution >= 0.6 is 11.3 Å². The highest BCUT2D eigenvalue weighted by atomic mass is 32.1. The molecule has 128 valence electrons. The van der Waals surface area contributed by atoms with Crippen molar-refractivity contribution in [3.8, 4) is 0 Å². The van der Waals surface area contributed by atoms with Crippen molar-refractivity contribution >= 4 is 11.3 Å². The van der Waals surface area contributed by atoms with Crippen LogP contribution in [-0.2, 0) is 16.0 Å². The predicted molar refractivity (Wildman–Crippen MR) is 90.8 cm³/mol. The van der Waals surface area contributed by atoms with Crippen LogP contribution < -0.4 is 0 Å². The van der Waals surface area contributed by atoms with E-state index in [1.165, 1.54) is 23.5 Å². The Kier molecular flexibility index (Phi) is 4.70. The van der Waals surface area contributed by atoms with E-state index in [9.17, 15) is 0 Å². The van der Waals surface area contributed by atoms with Gasteiger partial charge in [-0.05, 0) is 26.3 Å². The highest BCUT2D eigenvalue weighted by Gasteiger charge is 2.42. The minimum Gasteiger partial charge on any atom is -0.380 e. The van der Waals surface area contributed by atoms with Crippen LogP contribution in [0.4, 0.5) is 0 Å². The molecular weight excluding hydrogens is 310 g/mol. The van der Waals surface area contributed by atoms with Crippen LogP contribution in [0.15, 0.2) is 5.38 Å². The molecule has 0 unspecified atom stereocenters. The number of hydrogen-bond acceptors (Lipinski definition) is 6. The Labute approximate surface area is 142 Å². The molecule has 1 aromatic heterocycles. The Morgan fingerprint density at radius 1 is 1.30 bits per heavy atom. The van der Waals surface area contributed by atoms with Gasteiger partial charge in [0.15, 0.2) is 0 Å². The smallest absolute Gasteiger partial charge is 0.0897 e. The highest BCUT2D eigenvalue weighted by Crippen LogP contribution is 2.35. The van der Waals surface area contributed by atoms with Crippen LogP contribution in [0.1, 0.15) is 23.5 Å². The summed E-state index contributed by atoms with van der Waals surface area (Å²) in [5.74, 6) is 0. The van der Waals surface area contributed by atoms with E-state index in [-0.39, 0.29) is 0 Å². The molecule has 3 fully saturated rings. The third kappa shape index (κ3) is 3.61. The van der Waals surface area contributed by atoms with Gasteiger partial charge in [-0.1, -0.05) is 0 Å². The molecule has 0 bridgehead atoms. The summed E-state index contributed by atoms with van der Waals surface area (Å²) >= 11 is 1.75. The number of hydrogen-bond donors (Lipinski definition) is 0. The molecule has 3 aliphatic heterocycles. The zero-order valence-corrected chi connectivity index (χ0v) is 14.8. The molecule has 2 atom stereocenters. The lowest BCUT2D eigenvalue weighted by Crippen LogP contribution is -2.45. The molecule has 3 saturated heterocycles. The van der Waals surface area contributed by atoms with Crippen molar-refractivity contribution in [3.63, 3.8) is 0 Å². The van der Waals surface area contributed by atoms with Crippen LogP contribution in [0.3, 0.4) is 0 Å². The number of rotatable bonds is 3. The van der Waals surface area contributed by atoms with E-state index in [1.807, 2.05) is 0 Å². The number of aromatic nitrogens is 1. The van der Waals surface area contributed by atoms with E-state index in [1.54, 1.807) is 11.3 Å². The average Bonchev–Trinajstić information content (AvgIpc) is 3.23. The zero-order valence-electron chi connectivity index (χ0n) is 14.0. The maximum absolute atomic E-state index is 6.00. The molecule has 0 radical (unpaired) electrons.